The summed E-state index contributed by atoms with van der Waals surface area (Å²) >= 11 is 0. The number of nitrogens with zero attached hydrogens (tertiary/aromatic N) is 1. The largest absolute Gasteiger partial charge is 0.464 e. The average molecular weight is 204 g/mol. The van der Waals surface area contributed by atoms with Gasteiger partial charge in [-0.3, -0.25) is 0 Å². The van der Waals surface area contributed by atoms with E-state index in [-0.39, 0.29) is 12.6 Å². The molecule has 1 rings (SSSR count). The third-order valence-electron chi connectivity index (χ3n) is 1.34. The highest BCUT2D eigenvalue weighted by Crippen LogP contribution is 2.16. The van der Waals surface area contributed by atoms with E-state index in [4.69, 9.17) is 10.5 Å². The van der Waals surface area contributed by atoms with Gasteiger partial charge in [0.05, 0.1) is 0 Å². The lowest BCUT2D eigenvalue weighted by Crippen LogP contribution is -2.10. The summed E-state index contributed by atoms with van der Waals surface area (Å²) in [6.07, 6.45) is -0.993. The molecule has 0 aliphatic rings. The topological polar surface area (TPSA) is 57.4 Å². The summed E-state index contributed by atoms with van der Waals surface area (Å²) < 4.78 is 32.7. The Bertz CT molecular complexity index is 284. The Balaban J connectivity index is 2.28. The molecule has 0 radical (unpaired) electrons. The Morgan fingerprint density at radius 3 is 2.93 bits per heavy atom. The van der Waals surface area contributed by atoms with Crippen LogP contribution in [0.4, 0.5) is 14.6 Å². The third-order valence-corrected chi connectivity index (χ3v) is 1.34. The van der Waals surface area contributed by atoms with Gasteiger partial charge in [-0.1, -0.05) is 0 Å². The number of alkyl halides is 2. The molecule has 4 nitrogen and oxygen atoms in total. The van der Waals surface area contributed by atoms with Crippen molar-refractivity contribution in [1.29, 1.82) is 0 Å². The van der Waals surface area contributed by atoms with Crippen LogP contribution in [0.3, 0.4) is 0 Å². The molecule has 1 aromatic heterocycles. The first-order valence-corrected chi connectivity index (χ1v) is 3.89. The number of ether oxygens (including phenoxy) is 2. The maximum Gasteiger partial charge on any atom is 0.261 e. The number of rotatable bonds is 5. The minimum atomic E-state index is -2.50. The molecule has 1 heterocycles. The quantitative estimate of drug-likeness (QED) is 0.579. The van der Waals surface area contributed by atoms with Gasteiger partial charge in [-0.2, -0.15) is 0 Å². The van der Waals surface area contributed by atoms with E-state index in [0.717, 1.165) is 0 Å². The zero-order valence-corrected chi connectivity index (χ0v) is 7.32. The smallest absolute Gasteiger partial charge is 0.261 e. The number of nitrogen functional groups attached to an aromatic ring is 1. The summed E-state index contributed by atoms with van der Waals surface area (Å²) in [6.45, 7) is -0.916. The highest BCUT2D eigenvalue weighted by Gasteiger charge is 2.03. The molecule has 2 N–H and O–H groups in total. The molecule has 0 spiro atoms. The zero-order valence-electron chi connectivity index (χ0n) is 7.32. The summed E-state index contributed by atoms with van der Waals surface area (Å²) in [5.41, 5.74) is 5.42. The van der Waals surface area contributed by atoms with E-state index >= 15 is 0 Å². The van der Waals surface area contributed by atoms with Crippen molar-refractivity contribution in [3.05, 3.63) is 18.3 Å². The minimum absolute atomic E-state index is 0.202. The van der Waals surface area contributed by atoms with Crippen LogP contribution < -0.4 is 10.5 Å². The number of halogens is 2. The summed E-state index contributed by atoms with van der Waals surface area (Å²) in [5, 5.41) is 0. The number of anilines is 1. The Hall–Kier alpha value is -1.43. The van der Waals surface area contributed by atoms with Crippen LogP contribution in [-0.2, 0) is 4.74 Å². The molecule has 0 bridgehead atoms. The van der Waals surface area contributed by atoms with E-state index in [1.54, 1.807) is 12.1 Å². The molecular weight excluding hydrogens is 194 g/mol. The van der Waals surface area contributed by atoms with Gasteiger partial charge in [-0.25, -0.2) is 13.8 Å². The number of nitrogens with two attached hydrogens (primary N) is 1. The first-order chi connectivity index (χ1) is 6.70. The minimum Gasteiger partial charge on any atom is -0.464 e. The van der Waals surface area contributed by atoms with Gasteiger partial charge in [-0.15, -0.1) is 0 Å². The molecule has 0 atom stereocenters. The van der Waals surface area contributed by atoms with Crippen LogP contribution in [0.25, 0.3) is 0 Å². The zero-order chi connectivity index (χ0) is 10.4. The maximum absolute atomic E-state index is 11.6. The van der Waals surface area contributed by atoms with Crippen LogP contribution >= 0.6 is 0 Å². The van der Waals surface area contributed by atoms with Crippen LogP contribution in [0.15, 0.2) is 18.3 Å². The Morgan fingerprint density at radius 2 is 2.29 bits per heavy atom. The molecule has 0 fully saturated rings. The van der Waals surface area contributed by atoms with E-state index in [2.05, 4.69) is 9.72 Å². The van der Waals surface area contributed by atoms with Gasteiger partial charge in [0.15, 0.2) is 18.4 Å². The second kappa shape index (κ2) is 5.33. The van der Waals surface area contributed by atoms with E-state index < -0.39 is 13.0 Å². The van der Waals surface area contributed by atoms with Crippen LogP contribution in [0.1, 0.15) is 0 Å². The van der Waals surface area contributed by atoms with E-state index in [0.29, 0.717) is 5.75 Å². The molecule has 0 saturated carbocycles. The fourth-order valence-electron chi connectivity index (χ4n) is 0.767. The van der Waals surface area contributed by atoms with E-state index in [1.165, 1.54) is 6.20 Å². The molecular formula is C8H10F2N2O2. The van der Waals surface area contributed by atoms with Gasteiger partial charge >= 0.3 is 0 Å². The van der Waals surface area contributed by atoms with Crippen LogP contribution in [0.5, 0.6) is 5.75 Å². The first kappa shape index (κ1) is 10.6. The number of aromatic nitrogens is 1. The van der Waals surface area contributed by atoms with Crippen molar-refractivity contribution in [1.82, 2.24) is 4.98 Å². The van der Waals surface area contributed by atoms with Crippen LogP contribution in [0.2, 0.25) is 0 Å². The molecule has 0 aliphatic carbocycles. The molecule has 78 valence electrons. The fourth-order valence-corrected chi connectivity index (χ4v) is 0.767. The predicted octanol–water partition coefficient (Wildman–Crippen LogP) is 1.28. The molecule has 0 saturated heterocycles. The Labute approximate surface area is 79.6 Å². The molecule has 0 aromatic carbocycles. The van der Waals surface area contributed by atoms with Crippen molar-refractivity contribution < 1.29 is 18.3 Å². The van der Waals surface area contributed by atoms with Gasteiger partial charge in [0, 0.05) is 6.20 Å². The van der Waals surface area contributed by atoms with Crippen molar-refractivity contribution >= 4 is 5.82 Å². The monoisotopic (exact) mass is 204 g/mol. The van der Waals surface area contributed by atoms with Crippen molar-refractivity contribution in [3.8, 4) is 5.75 Å². The average Bonchev–Trinajstić information content (AvgIpc) is 2.15. The van der Waals surface area contributed by atoms with E-state index in [9.17, 15) is 8.78 Å². The molecule has 6 heteroatoms. The van der Waals surface area contributed by atoms with Crippen molar-refractivity contribution in [3.63, 3.8) is 0 Å². The summed E-state index contributed by atoms with van der Waals surface area (Å²) in [6, 6.07) is 3.20. The third kappa shape index (κ3) is 3.53. The molecule has 14 heavy (non-hydrogen) atoms. The standard InChI is InChI=1S/C8H10F2N2O2/c9-7(10)4-13-5-14-6-2-1-3-12-8(6)11/h1-3,7H,4-5H2,(H2,11,12). The summed E-state index contributed by atoms with van der Waals surface area (Å²) in [4.78, 5) is 3.74. The molecule has 0 amide bonds. The fraction of sp³-hybridized carbons (Fsp3) is 0.375. The van der Waals surface area contributed by atoms with Crippen molar-refractivity contribution in [2.24, 2.45) is 0 Å². The second-order valence-electron chi connectivity index (χ2n) is 2.41. The number of pyridine rings is 1. The van der Waals surface area contributed by atoms with Gasteiger partial charge in [0.25, 0.3) is 6.43 Å². The van der Waals surface area contributed by atoms with Crippen LogP contribution in [-0.4, -0.2) is 24.8 Å². The van der Waals surface area contributed by atoms with Crippen LogP contribution in [0, 0.1) is 0 Å². The summed E-state index contributed by atoms with van der Waals surface area (Å²) in [7, 11) is 0. The highest BCUT2D eigenvalue weighted by molar-refractivity contribution is 5.44. The molecule has 0 aliphatic heterocycles. The van der Waals surface area contributed by atoms with Crippen molar-refractivity contribution in [2.75, 3.05) is 19.1 Å². The highest BCUT2D eigenvalue weighted by atomic mass is 19.3. The molecule has 1 aromatic rings. The SMILES string of the molecule is Nc1ncccc1OCOCC(F)F. The Kier molecular flexibility index (Phi) is 4.06. The lowest BCUT2D eigenvalue weighted by atomic mass is 10.4. The van der Waals surface area contributed by atoms with Gasteiger partial charge in [0.2, 0.25) is 0 Å². The maximum atomic E-state index is 11.6. The van der Waals surface area contributed by atoms with Crippen molar-refractivity contribution in [2.45, 2.75) is 6.43 Å². The second-order valence-corrected chi connectivity index (χ2v) is 2.41. The van der Waals surface area contributed by atoms with Gasteiger partial charge in [-0.05, 0) is 12.1 Å². The van der Waals surface area contributed by atoms with Gasteiger partial charge < -0.3 is 15.2 Å². The number of hydrogen-bond acceptors (Lipinski definition) is 4. The van der Waals surface area contributed by atoms with E-state index in [1.807, 2.05) is 0 Å². The Morgan fingerprint density at radius 1 is 1.50 bits per heavy atom. The number of hydrogen-bond donors (Lipinski definition) is 1. The van der Waals surface area contributed by atoms with Gasteiger partial charge in [0.1, 0.15) is 6.61 Å². The predicted molar refractivity (Wildman–Crippen MR) is 46.1 cm³/mol. The first-order valence-electron chi connectivity index (χ1n) is 3.89. The lowest BCUT2D eigenvalue weighted by molar-refractivity contribution is -0.0408. The lowest BCUT2D eigenvalue weighted by Gasteiger charge is -2.07. The normalized spacial score (nSPS) is 10.5. The summed E-state index contributed by atoms with van der Waals surface area (Å²) in [5.74, 6) is 0.523. The molecule has 0 unspecified atom stereocenters.